The molecule has 130 valence electrons. The standard InChI is InChI=1S/C17H35N3O2/c1-14(12-17(2,3)18-4)8-6-10-19-16(21)20-11-7-9-15(20)13-22-5/h14-15,18H,6-13H2,1-5H3,(H,19,21). The van der Waals surface area contributed by atoms with Gasteiger partial charge in [0.25, 0.3) is 0 Å². The summed E-state index contributed by atoms with van der Waals surface area (Å²) in [5.41, 5.74) is 0.186. The van der Waals surface area contributed by atoms with E-state index in [1.807, 2.05) is 11.9 Å². The SMILES string of the molecule is CNC(C)(C)CC(C)CCCNC(=O)N1CCCC1COC. The third-order valence-electron chi connectivity index (χ3n) is 4.68. The Balaban J connectivity index is 2.20. The van der Waals surface area contributed by atoms with Crippen LogP contribution < -0.4 is 10.6 Å². The Hall–Kier alpha value is -0.810. The number of methoxy groups -OCH3 is 1. The molecule has 1 heterocycles. The highest BCUT2D eigenvalue weighted by Crippen LogP contribution is 2.20. The van der Waals surface area contributed by atoms with E-state index in [9.17, 15) is 4.79 Å². The first kappa shape index (κ1) is 19.2. The van der Waals surface area contributed by atoms with Crippen LogP contribution in [0.3, 0.4) is 0 Å². The highest BCUT2D eigenvalue weighted by molar-refractivity contribution is 5.74. The molecular weight excluding hydrogens is 278 g/mol. The van der Waals surface area contributed by atoms with Gasteiger partial charge in [0.05, 0.1) is 12.6 Å². The minimum absolute atomic E-state index is 0.0720. The van der Waals surface area contributed by atoms with Gasteiger partial charge in [0.2, 0.25) is 0 Å². The summed E-state index contributed by atoms with van der Waals surface area (Å²) in [6.07, 6.45) is 5.47. The number of ether oxygens (including phenoxy) is 1. The summed E-state index contributed by atoms with van der Waals surface area (Å²) in [6, 6.07) is 0.322. The van der Waals surface area contributed by atoms with Crippen molar-refractivity contribution in [3.05, 3.63) is 0 Å². The van der Waals surface area contributed by atoms with E-state index in [0.29, 0.717) is 12.5 Å². The predicted octanol–water partition coefficient (Wildman–Crippen LogP) is 2.61. The van der Waals surface area contributed by atoms with E-state index in [1.165, 1.54) is 0 Å². The van der Waals surface area contributed by atoms with Crippen molar-refractivity contribution in [2.24, 2.45) is 5.92 Å². The zero-order chi connectivity index (χ0) is 16.6. The number of urea groups is 1. The largest absolute Gasteiger partial charge is 0.383 e. The number of hydrogen-bond donors (Lipinski definition) is 2. The first-order chi connectivity index (χ1) is 10.4. The van der Waals surface area contributed by atoms with Gasteiger partial charge in [-0.15, -0.1) is 0 Å². The topological polar surface area (TPSA) is 53.6 Å². The van der Waals surface area contributed by atoms with Crippen LogP contribution in [0.25, 0.3) is 0 Å². The Morgan fingerprint density at radius 3 is 2.82 bits per heavy atom. The van der Waals surface area contributed by atoms with Crippen molar-refractivity contribution in [1.29, 1.82) is 0 Å². The van der Waals surface area contributed by atoms with Crippen LogP contribution in [-0.2, 0) is 4.74 Å². The lowest BCUT2D eigenvalue weighted by molar-refractivity contribution is 0.123. The molecule has 0 spiro atoms. The highest BCUT2D eigenvalue weighted by atomic mass is 16.5. The lowest BCUT2D eigenvalue weighted by Gasteiger charge is -2.28. The molecule has 2 atom stereocenters. The van der Waals surface area contributed by atoms with E-state index in [2.05, 4.69) is 31.4 Å². The Bertz CT molecular complexity index is 334. The number of nitrogens with zero attached hydrogens (tertiary/aromatic N) is 1. The van der Waals surface area contributed by atoms with Gasteiger partial charge in [0.15, 0.2) is 0 Å². The van der Waals surface area contributed by atoms with Crippen molar-refractivity contribution in [2.45, 2.75) is 64.5 Å². The van der Waals surface area contributed by atoms with Gasteiger partial charge >= 0.3 is 6.03 Å². The Morgan fingerprint density at radius 1 is 1.45 bits per heavy atom. The average Bonchev–Trinajstić information content (AvgIpc) is 2.91. The Labute approximate surface area is 136 Å². The minimum Gasteiger partial charge on any atom is -0.383 e. The molecule has 0 aliphatic carbocycles. The van der Waals surface area contributed by atoms with E-state index in [0.717, 1.165) is 45.2 Å². The maximum absolute atomic E-state index is 12.2. The summed E-state index contributed by atoms with van der Waals surface area (Å²) < 4.78 is 5.19. The van der Waals surface area contributed by atoms with Gasteiger partial charge < -0.3 is 20.3 Å². The first-order valence-corrected chi connectivity index (χ1v) is 8.62. The lowest BCUT2D eigenvalue weighted by atomic mass is 9.89. The Kier molecular flexibility index (Phi) is 8.18. The third-order valence-corrected chi connectivity index (χ3v) is 4.68. The summed E-state index contributed by atoms with van der Waals surface area (Å²) in [5.74, 6) is 0.660. The van der Waals surface area contributed by atoms with Crippen LogP contribution in [0, 0.1) is 5.92 Å². The molecule has 0 aromatic carbocycles. The monoisotopic (exact) mass is 313 g/mol. The molecule has 5 heteroatoms. The van der Waals surface area contributed by atoms with Crippen molar-refractivity contribution >= 4 is 6.03 Å². The molecule has 22 heavy (non-hydrogen) atoms. The van der Waals surface area contributed by atoms with Crippen LogP contribution in [0.15, 0.2) is 0 Å². The average molecular weight is 313 g/mol. The molecule has 0 aromatic heterocycles. The van der Waals surface area contributed by atoms with Gasteiger partial charge in [-0.1, -0.05) is 6.92 Å². The third kappa shape index (κ3) is 6.53. The van der Waals surface area contributed by atoms with Crippen molar-refractivity contribution in [3.63, 3.8) is 0 Å². The number of likely N-dealkylation sites (tertiary alicyclic amines) is 1. The number of rotatable bonds is 9. The van der Waals surface area contributed by atoms with Crippen LogP contribution in [-0.4, -0.2) is 56.4 Å². The molecule has 2 N–H and O–H groups in total. The molecule has 0 radical (unpaired) electrons. The van der Waals surface area contributed by atoms with Crippen LogP contribution in [0.1, 0.15) is 52.9 Å². The fourth-order valence-electron chi connectivity index (χ4n) is 3.29. The second-order valence-electron chi connectivity index (χ2n) is 7.26. The Morgan fingerprint density at radius 2 is 2.18 bits per heavy atom. The van der Waals surface area contributed by atoms with Gasteiger partial charge in [0, 0.05) is 25.7 Å². The number of carbonyl (C=O) groups excluding carboxylic acids is 1. The zero-order valence-electron chi connectivity index (χ0n) is 15.1. The van der Waals surface area contributed by atoms with Gasteiger partial charge in [-0.3, -0.25) is 0 Å². The van der Waals surface area contributed by atoms with Crippen LogP contribution in [0.2, 0.25) is 0 Å². The first-order valence-electron chi connectivity index (χ1n) is 8.62. The molecule has 0 bridgehead atoms. The molecule has 1 aliphatic heterocycles. The molecule has 1 fully saturated rings. The van der Waals surface area contributed by atoms with E-state index in [-0.39, 0.29) is 17.6 Å². The summed E-state index contributed by atoms with van der Waals surface area (Å²) >= 11 is 0. The summed E-state index contributed by atoms with van der Waals surface area (Å²) in [5, 5.41) is 6.41. The van der Waals surface area contributed by atoms with Crippen LogP contribution in [0.4, 0.5) is 4.79 Å². The molecule has 1 aliphatic rings. The summed E-state index contributed by atoms with van der Waals surface area (Å²) in [6.45, 7) is 9.01. The summed E-state index contributed by atoms with van der Waals surface area (Å²) in [4.78, 5) is 14.1. The van der Waals surface area contributed by atoms with Gasteiger partial charge in [-0.05, 0) is 58.9 Å². The van der Waals surface area contributed by atoms with E-state index < -0.39 is 0 Å². The van der Waals surface area contributed by atoms with Crippen molar-refractivity contribution < 1.29 is 9.53 Å². The fraction of sp³-hybridized carbons (Fsp3) is 0.941. The number of nitrogens with one attached hydrogen (secondary N) is 2. The highest BCUT2D eigenvalue weighted by Gasteiger charge is 2.28. The fourth-order valence-corrected chi connectivity index (χ4v) is 3.29. The molecule has 2 amide bonds. The molecule has 2 unspecified atom stereocenters. The van der Waals surface area contributed by atoms with Gasteiger partial charge in [-0.25, -0.2) is 4.79 Å². The van der Waals surface area contributed by atoms with Crippen molar-refractivity contribution in [2.75, 3.05) is 33.9 Å². The molecule has 0 aromatic rings. The normalized spacial score (nSPS) is 20.2. The molecule has 1 rings (SSSR count). The van der Waals surface area contributed by atoms with Crippen molar-refractivity contribution in [3.8, 4) is 0 Å². The number of hydrogen-bond acceptors (Lipinski definition) is 3. The quantitative estimate of drug-likeness (QED) is 0.643. The van der Waals surface area contributed by atoms with Crippen molar-refractivity contribution in [1.82, 2.24) is 15.5 Å². The minimum atomic E-state index is 0.0720. The van der Waals surface area contributed by atoms with E-state index in [4.69, 9.17) is 4.74 Å². The lowest BCUT2D eigenvalue weighted by Crippen LogP contribution is -2.44. The molecule has 5 nitrogen and oxygen atoms in total. The van der Waals surface area contributed by atoms with Crippen LogP contribution in [0.5, 0.6) is 0 Å². The van der Waals surface area contributed by atoms with Gasteiger partial charge in [0.1, 0.15) is 0 Å². The second-order valence-corrected chi connectivity index (χ2v) is 7.26. The smallest absolute Gasteiger partial charge is 0.317 e. The number of carbonyl (C=O) groups is 1. The maximum Gasteiger partial charge on any atom is 0.317 e. The molecule has 0 saturated carbocycles. The summed E-state index contributed by atoms with van der Waals surface area (Å²) in [7, 11) is 3.71. The van der Waals surface area contributed by atoms with Gasteiger partial charge in [-0.2, -0.15) is 0 Å². The zero-order valence-corrected chi connectivity index (χ0v) is 15.1. The second kappa shape index (κ2) is 9.36. The molecule has 1 saturated heterocycles. The van der Waals surface area contributed by atoms with E-state index in [1.54, 1.807) is 7.11 Å². The molecular formula is C17H35N3O2. The van der Waals surface area contributed by atoms with E-state index >= 15 is 0 Å². The predicted molar refractivity (Wildman–Crippen MR) is 91.2 cm³/mol. The maximum atomic E-state index is 12.2. The number of amides is 2. The van der Waals surface area contributed by atoms with Crippen LogP contribution >= 0.6 is 0 Å².